The molecule has 2 unspecified atom stereocenters. The number of carbonyl (C=O) groups is 1. The number of nitrogens with one attached hydrogen (secondary N) is 1. The maximum atomic E-state index is 13.1. The molecule has 0 fully saturated rings. The van der Waals surface area contributed by atoms with Crippen molar-refractivity contribution in [2.45, 2.75) is 45.6 Å². The molecule has 2 atom stereocenters. The highest BCUT2D eigenvalue weighted by atomic mass is 19.1. The van der Waals surface area contributed by atoms with Gasteiger partial charge in [-0.1, -0.05) is 0 Å². The van der Waals surface area contributed by atoms with E-state index in [4.69, 9.17) is 24.7 Å². The quantitative estimate of drug-likeness (QED) is 0.520. The van der Waals surface area contributed by atoms with Gasteiger partial charge >= 0.3 is 6.09 Å². The Labute approximate surface area is 138 Å². The van der Waals surface area contributed by atoms with Crippen molar-refractivity contribution in [2.24, 2.45) is 5.73 Å². The Balaban J connectivity index is 3.33. The van der Waals surface area contributed by atoms with Crippen molar-refractivity contribution < 1.29 is 28.1 Å². The predicted molar refractivity (Wildman–Crippen MR) is 85.2 cm³/mol. The predicted octanol–water partition coefficient (Wildman–Crippen LogP) is 1.25. The number of alkyl halides is 1. The van der Waals surface area contributed by atoms with Crippen molar-refractivity contribution in [2.75, 3.05) is 46.1 Å². The molecule has 138 valence electrons. The molecule has 0 aliphatic heterocycles. The van der Waals surface area contributed by atoms with Crippen molar-refractivity contribution >= 4 is 6.09 Å². The maximum absolute atomic E-state index is 13.1. The second kappa shape index (κ2) is 12.5. The Kier molecular flexibility index (Phi) is 11.9. The van der Waals surface area contributed by atoms with Crippen LogP contribution >= 0.6 is 0 Å². The molecule has 1 amide bonds. The van der Waals surface area contributed by atoms with E-state index in [0.29, 0.717) is 39.6 Å². The Morgan fingerprint density at radius 3 is 2.26 bits per heavy atom. The fourth-order valence-electron chi connectivity index (χ4n) is 1.45. The minimum Gasteiger partial charge on any atom is -0.444 e. The first kappa shape index (κ1) is 22.0. The zero-order valence-electron chi connectivity index (χ0n) is 14.6. The molecule has 0 aromatic heterocycles. The minimum absolute atomic E-state index is 0.0484. The smallest absolute Gasteiger partial charge is 0.407 e. The van der Waals surface area contributed by atoms with E-state index < -0.39 is 24.0 Å². The highest BCUT2D eigenvalue weighted by Gasteiger charge is 2.15. The second-order valence-corrected chi connectivity index (χ2v) is 5.98. The van der Waals surface area contributed by atoms with Crippen molar-refractivity contribution in [3.63, 3.8) is 0 Å². The van der Waals surface area contributed by atoms with Gasteiger partial charge in [0.05, 0.1) is 39.1 Å². The molecule has 0 radical (unpaired) electrons. The number of nitrogens with two attached hydrogens (primary N) is 1. The van der Waals surface area contributed by atoms with Gasteiger partial charge < -0.3 is 30.0 Å². The van der Waals surface area contributed by atoms with Gasteiger partial charge in [-0.2, -0.15) is 0 Å². The lowest BCUT2D eigenvalue weighted by Crippen LogP contribution is -2.34. The van der Waals surface area contributed by atoms with Crippen molar-refractivity contribution in [3.05, 3.63) is 0 Å². The summed E-state index contributed by atoms with van der Waals surface area (Å²) in [4.78, 5) is 11.3. The molecule has 3 N–H and O–H groups in total. The van der Waals surface area contributed by atoms with Crippen LogP contribution in [0, 0.1) is 0 Å². The number of carbonyl (C=O) groups excluding carboxylic acids is 1. The maximum Gasteiger partial charge on any atom is 0.407 e. The van der Waals surface area contributed by atoms with Gasteiger partial charge in [0.25, 0.3) is 0 Å². The Morgan fingerprint density at radius 1 is 1.13 bits per heavy atom. The van der Waals surface area contributed by atoms with E-state index in [9.17, 15) is 9.18 Å². The largest absolute Gasteiger partial charge is 0.444 e. The van der Waals surface area contributed by atoms with Crippen LogP contribution in [-0.2, 0) is 18.9 Å². The molecule has 23 heavy (non-hydrogen) atoms. The van der Waals surface area contributed by atoms with Gasteiger partial charge in [-0.15, -0.1) is 0 Å². The third-order valence-electron chi connectivity index (χ3n) is 2.63. The van der Waals surface area contributed by atoms with Gasteiger partial charge in [0.15, 0.2) is 0 Å². The van der Waals surface area contributed by atoms with Gasteiger partial charge in [0.2, 0.25) is 0 Å². The first-order chi connectivity index (χ1) is 10.8. The van der Waals surface area contributed by atoms with Gasteiger partial charge in [0, 0.05) is 13.1 Å². The summed E-state index contributed by atoms with van der Waals surface area (Å²) < 4.78 is 33.9. The monoisotopic (exact) mass is 338 g/mol. The van der Waals surface area contributed by atoms with E-state index in [1.54, 1.807) is 27.7 Å². The Morgan fingerprint density at radius 2 is 1.70 bits per heavy atom. The Hall–Kier alpha value is -0.960. The van der Waals surface area contributed by atoms with E-state index in [1.165, 1.54) is 0 Å². The summed E-state index contributed by atoms with van der Waals surface area (Å²) in [5.41, 5.74) is 4.69. The lowest BCUT2D eigenvalue weighted by atomic mass is 10.2. The summed E-state index contributed by atoms with van der Waals surface area (Å²) in [5, 5.41) is 2.59. The zero-order chi connectivity index (χ0) is 17.7. The molecular weight excluding hydrogens is 307 g/mol. The average Bonchev–Trinajstić information content (AvgIpc) is 2.46. The van der Waals surface area contributed by atoms with Crippen LogP contribution in [0.4, 0.5) is 9.18 Å². The first-order valence-corrected chi connectivity index (χ1v) is 7.84. The van der Waals surface area contributed by atoms with Gasteiger partial charge in [0.1, 0.15) is 11.8 Å². The molecule has 8 heteroatoms. The van der Waals surface area contributed by atoms with E-state index in [1.807, 2.05) is 0 Å². The lowest BCUT2D eigenvalue weighted by Gasteiger charge is -2.19. The van der Waals surface area contributed by atoms with Crippen LogP contribution in [-0.4, -0.2) is 70.1 Å². The molecule has 0 heterocycles. The molecule has 0 aromatic carbocycles. The SMILES string of the molecule is CC(OCCOCCOCCNC(=O)OC(C)(C)C)C(F)CN. The van der Waals surface area contributed by atoms with Crippen LogP contribution in [0.3, 0.4) is 0 Å². The van der Waals surface area contributed by atoms with Crippen LogP contribution in [0.15, 0.2) is 0 Å². The van der Waals surface area contributed by atoms with Gasteiger partial charge in [-0.05, 0) is 27.7 Å². The fourth-order valence-corrected chi connectivity index (χ4v) is 1.45. The standard InChI is InChI=1S/C15H31FN2O5/c1-12(13(16)11-17)22-10-9-21-8-7-20-6-5-18-14(19)23-15(2,3)4/h12-13H,5-11,17H2,1-4H3,(H,18,19). The number of hydrogen-bond donors (Lipinski definition) is 2. The molecule has 0 spiro atoms. The van der Waals surface area contributed by atoms with E-state index in [-0.39, 0.29) is 6.54 Å². The lowest BCUT2D eigenvalue weighted by molar-refractivity contribution is -0.0286. The highest BCUT2D eigenvalue weighted by molar-refractivity contribution is 5.67. The number of amides is 1. The van der Waals surface area contributed by atoms with Crippen molar-refractivity contribution in [3.8, 4) is 0 Å². The molecule has 0 aromatic rings. The summed E-state index contributed by atoms with van der Waals surface area (Å²) in [7, 11) is 0. The summed E-state index contributed by atoms with van der Waals surface area (Å²) in [6.07, 6.45) is -2.15. The van der Waals surface area contributed by atoms with E-state index >= 15 is 0 Å². The van der Waals surface area contributed by atoms with E-state index in [0.717, 1.165) is 0 Å². The molecule has 0 saturated carbocycles. The molecule has 0 aliphatic rings. The van der Waals surface area contributed by atoms with Crippen LogP contribution in [0.5, 0.6) is 0 Å². The average molecular weight is 338 g/mol. The summed E-state index contributed by atoms with van der Waals surface area (Å²) in [5.74, 6) is 0. The molecule has 0 aliphatic carbocycles. The summed E-state index contributed by atoms with van der Waals surface area (Å²) in [6, 6.07) is 0. The number of alkyl carbamates (subject to hydrolysis) is 1. The molecular formula is C15H31FN2O5. The van der Waals surface area contributed by atoms with Crippen LogP contribution in [0.25, 0.3) is 0 Å². The zero-order valence-corrected chi connectivity index (χ0v) is 14.6. The molecule has 7 nitrogen and oxygen atoms in total. The van der Waals surface area contributed by atoms with E-state index in [2.05, 4.69) is 5.32 Å². The normalized spacial score (nSPS) is 14.3. The second-order valence-electron chi connectivity index (χ2n) is 5.98. The van der Waals surface area contributed by atoms with Crippen molar-refractivity contribution in [1.29, 1.82) is 0 Å². The van der Waals surface area contributed by atoms with Crippen LogP contribution in [0.2, 0.25) is 0 Å². The molecule has 0 bridgehead atoms. The van der Waals surface area contributed by atoms with Gasteiger partial charge in [-0.25, -0.2) is 9.18 Å². The minimum atomic E-state index is -1.16. The number of halogens is 1. The Bertz CT molecular complexity index is 313. The first-order valence-electron chi connectivity index (χ1n) is 7.84. The molecule has 0 saturated heterocycles. The third-order valence-corrected chi connectivity index (χ3v) is 2.63. The number of hydrogen-bond acceptors (Lipinski definition) is 6. The number of rotatable bonds is 12. The molecule has 0 rings (SSSR count). The van der Waals surface area contributed by atoms with Crippen LogP contribution < -0.4 is 11.1 Å². The van der Waals surface area contributed by atoms with Crippen LogP contribution in [0.1, 0.15) is 27.7 Å². The summed E-state index contributed by atoms with van der Waals surface area (Å²) in [6.45, 7) is 9.20. The summed E-state index contributed by atoms with van der Waals surface area (Å²) >= 11 is 0. The van der Waals surface area contributed by atoms with Gasteiger partial charge in [-0.3, -0.25) is 0 Å². The third kappa shape index (κ3) is 14.4. The highest BCUT2D eigenvalue weighted by Crippen LogP contribution is 2.06. The number of ether oxygens (including phenoxy) is 4. The fraction of sp³-hybridized carbons (Fsp3) is 0.933. The topological polar surface area (TPSA) is 92.0 Å². The van der Waals surface area contributed by atoms with Crippen molar-refractivity contribution in [1.82, 2.24) is 5.32 Å².